The van der Waals surface area contributed by atoms with Crippen LogP contribution in [0.1, 0.15) is 39.0 Å². The lowest BCUT2D eigenvalue weighted by Crippen LogP contribution is -2.26. The van der Waals surface area contributed by atoms with Crippen LogP contribution in [-0.4, -0.2) is 0 Å². The van der Waals surface area contributed by atoms with Crippen LogP contribution in [0, 0.1) is 17.8 Å². The van der Waals surface area contributed by atoms with E-state index in [9.17, 15) is 0 Å². The summed E-state index contributed by atoms with van der Waals surface area (Å²) in [5.41, 5.74) is 0. The van der Waals surface area contributed by atoms with Crippen molar-refractivity contribution in [1.29, 1.82) is 0 Å². The van der Waals surface area contributed by atoms with Gasteiger partial charge in [-0.15, -0.1) is 0 Å². The maximum atomic E-state index is 2.48. The summed E-state index contributed by atoms with van der Waals surface area (Å²) in [5, 5.41) is 0. The first-order valence-corrected chi connectivity index (χ1v) is 5.04. The molecule has 0 spiro atoms. The predicted octanol–water partition coefficient (Wildman–Crippen LogP) is 3.39. The summed E-state index contributed by atoms with van der Waals surface area (Å²) in [7, 11) is 0. The molecule has 0 radical (unpaired) electrons. The van der Waals surface area contributed by atoms with Crippen LogP contribution in [0.3, 0.4) is 0 Å². The molecule has 3 atom stereocenters. The first-order valence-electron chi connectivity index (χ1n) is 5.04. The van der Waals surface area contributed by atoms with Crippen molar-refractivity contribution in [3.63, 3.8) is 0 Å². The number of fused-ring (bicyclic) bond motifs is 1. The van der Waals surface area contributed by atoms with Gasteiger partial charge in [-0.05, 0) is 37.0 Å². The quantitative estimate of drug-likeness (QED) is 0.464. The lowest BCUT2D eigenvalue weighted by molar-refractivity contribution is 0.196. The molecule has 0 bridgehead atoms. The Labute approximate surface area is 69.7 Å². The number of rotatable bonds is 0. The third kappa shape index (κ3) is 1.36. The number of hydrogen-bond acceptors (Lipinski definition) is 0. The van der Waals surface area contributed by atoms with Gasteiger partial charge in [0.15, 0.2) is 0 Å². The molecule has 0 N–H and O–H groups in total. The predicted molar refractivity (Wildman–Crippen MR) is 48.4 cm³/mol. The largest absolute Gasteiger partial charge is 0.0880 e. The van der Waals surface area contributed by atoms with Crippen molar-refractivity contribution in [2.45, 2.75) is 39.0 Å². The highest BCUT2D eigenvalue weighted by molar-refractivity contribution is 5.00. The van der Waals surface area contributed by atoms with Crippen molar-refractivity contribution in [2.75, 3.05) is 0 Å². The lowest BCUT2D eigenvalue weighted by atomic mass is 9.69. The van der Waals surface area contributed by atoms with Crippen LogP contribution < -0.4 is 0 Å². The van der Waals surface area contributed by atoms with Gasteiger partial charge in [0.1, 0.15) is 0 Å². The van der Waals surface area contributed by atoms with Gasteiger partial charge in [0.2, 0.25) is 0 Å². The molecule has 11 heavy (non-hydrogen) atoms. The minimum Gasteiger partial charge on any atom is -0.0880 e. The van der Waals surface area contributed by atoms with E-state index in [-0.39, 0.29) is 0 Å². The minimum atomic E-state index is 0.951. The Kier molecular flexibility index (Phi) is 2.02. The van der Waals surface area contributed by atoms with Gasteiger partial charge in [0.25, 0.3) is 0 Å². The van der Waals surface area contributed by atoms with Crippen LogP contribution in [0.2, 0.25) is 0 Å². The average Bonchev–Trinajstić information content (AvgIpc) is 2.06. The molecule has 0 aromatic rings. The molecule has 3 unspecified atom stereocenters. The van der Waals surface area contributed by atoms with Crippen LogP contribution in [0.25, 0.3) is 0 Å². The van der Waals surface area contributed by atoms with Gasteiger partial charge in [0.05, 0.1) is 0 Å². The third-order valence-electron chi connectivity index (χ3n) is 3.50. The third-order valence-corrected chi connectivity index (χ3v) is 3.50. The molecule has 2 aliphatic rings. The van der Waals surface area contributed by atoms with E-state index in [4.69, 9.17) is 0 Å². The van der Waals surface area contributed by atoms with Gasteiger partial charge in [-0.2, -0.15) is 0 Å². The van der Waals surface area contributed by atoms with Gasteiger partial charge in [-0.25, -0.2) is 0 Å². The van der Waals surface area contributed by atoms with E-state index in [2.05, 4.69) is 19.1 Å². The summed E-state index contributed by atoms with van der Waals surface area (Å²) in [4.78, 5) is 0. The molecule has 0 nitrogen and oxygen atoms in total. The van der Waals surface area contributed by atoms with Crippen LogP contribution in [0.15, 0.2) is 12.2 Å². The maximum Gasteiger partial charge on any atom is -0.0202 e. The zero-order valence-corrected chi connectivity index (χ0v) is 7.42. The van der Waals surface area contributed by atoms with Gasteiger partial charge in [-0.3, -0.25) is 0 Å². The Morgan fingerprint density at radius 3 is 2.82 bits per heavy atom. The lowest BCUT2D eigenvalue weighted by Gasteiger charge is -2.36. The minimum absolute atomic E-state index is 0.951. The zero-order valence-electron chi connectivity index (χ0n) is 7.42. The van der Waals surface area contributed by atoms with E-state index in [1.807, 2.05) is 0 Å². The second-order valence-electron chi connectivity index (χ2n) is 4.25. The molecule has 62 valence electrons. The van der Waals surface area contributed by atoms with Crippen molar-refractivity contribution in [1.82, 2.24) is 0 Å². The number of hydrogen-bond donors (Lipinski definition) is 0. The summed E-state index contributed by atoms with van der Waals surface area (Å²) >= 11 is 0. The van der Waals surface area contributed by atoms with Crippen molar-refractivity contribution in [3.05, 3.63) is 12.2 Å². The molecule has 2 rings (SSSR count). The second kappa shape index (κ2) is 3.00. The molecule has 0 saturated heterocycles. The summed E-state index contributed by atoms with van der Waals surface area (Å²) in [6.07, 6.45) is 12.1. The topological polar surface area (TPSA) is 0 Å². The Morgan fingerprint density at radius 1 is 1.18 bits per heavy atom. The Hall–Kier alpha value is -0.260. The molecule has 2 aliphatic carbocycles. The SMILES string of the molecule is CC1CC=CC2CCCCC12. The van der Waals surface area contributed by atoms with Crippen molar-refractivity contribution in [2.24, 2.45) is 17.8 Å². The van der Waals surface area contributed by atoms with E-state index in [0.717, 1.165) is 17.8 Å². The Balaban J connectivity index is 2.09. The summed E-state index contributed by atoms with van der Waals surface area (Å²) in [5.74, 6) is 2.95. The first kappa shape index (κ1) is 7.39. The highest BCUT2D eigenvalue weighted by Gasteiger charge is 2.29. The monoisotopic (exact) mass is 150 g/mol. The van der Waals surface area contributed by atoms with E-state index in [1.54, 1.807) is 0 Å². The summed E-state index contributed by atoms with van der Waals surface area (Å²) in [6.45, 7) is 2.42. The van der Waals surface area contributed by atoms with Gasteiger partial charge < -0.3 is 0 Å². The molecule has 0 heteroatoms. The molecule has 1 fully saturated rings. The summed E-state index contributed by atoms with van der Waals surface area (Å²) < 4.78 is 0. The fraction of sp³-hybridized carbons (Fsp3) is 0.818. The van der Waals surface area contributed by atoms with E-state index in [1.165, 1.54) is 32.1 Å². The van der Waals surface area contributed by atoms with Crippen molar-refractivity contribution >= 4 is 0 Å². The van der Waals surface area contributed by atoms with Crippen LogP contribution in [0.5, 0.6) is 0 Å². The molecule has 0 amide bonds. The highest BCUT2D eigenvalue weighted by atomic mass is 14.3. The smallest absolute Gasteiger partial charge is 0.0202 e. The maximum absolute atomic E-state index is 2.48. The molecule has 0 aromatic heterocycles. The molecule has 0 heterocycles. The molecular weight excluding hydrogens is 132 g/mol. The molecule has 1 saturated carbocycles. The normalized spacial score (nSPS) is 43.5. The van der Waals surface area contributed by atoms with E-state index >= 15 is 0 Å². The molecular formula is C11H18. The standard InChI is InChI=1S/C11H18/c1-9-5-4-7-10-6-2-3-8-11(9)10/h4,7,9-11H,2-3,5-6,8H2,1H3. The second-order valence-corrected chi connectivity index (χ2v) is 4.25. The van der Waals surface area contributed by atoms with Gasteiger partial charge in [-0.1, -0.05) is 31.9 Å². The van der Waals surface area contributed by atoms with Gasteiger partial charge in [0, 0.05) is 0 Å². The first-order chi connectivity index (χ1) is 5.38. The highest BCUT2D eigenvalue weighted by Crippen LogP contribution is 2.40. The Bertz CT molecular complexity index is 157. The average molecular weight is 150 g/mol. The molecule has 0 aliphatic heterocycles. The molecule has 0 aromatic carbocycles. The van der Waals surface area contributed by atoms with Gasteiger partial charge >= 0.3 is 0 Å². The Morgan fingerprint density at radius 2 is 2.00 bits per heavy atom. The fourth-order valence-electron chi connectivity index (χ4n) is 2.78. The summed E-state index contributed by atoms with van der Waals surface area (Å²) in [6, 6.07) is 0. The number of allylic oxidation sites excluding steroid dienone is 2. The van der Waals surface area contributed by atoms with Crippen LogP contribution in [-0.2, 0) is 0 Å². The van der Waals surface area contributed by atoms with Crippen LogP contribution >= 0.6 is 0 Å². The van der Waals surface area contributed by atoms with E-state index < -0.39 is 0 Å². The van der Waals surface area contributed by atoms with Crippen molar-refractivity contribution in [3.8, 4) is 0 Å². The van der Waals surface area contributed by atoms with Crippen molar-refractivity contribution < 1.29 is 0 Å². The van der Waals surface area contributed by atoms with E-state index in [0.29, 0.717) is 0 Å². The fourth-order valence-corrected chi connectivity index (χ4v) is 2.78. The zero-order chi connectivity index (χ0) is 7.68. The van der Waals surface area contributed by atoms with Crippen LogP contribution in [0.4, 0.5) is 0 Å².